The van der Waals surface area contributed by atoms with Crippen molar-refractivity contribution in [2.45, 2.75) is 25.4 Å². The molecule has 3 aromatic carbocycles. The van der Waals surface area contributed by atoms with Crippen molar-refractivity contribution in [3.05, 3.63) is 101 Å². The summed E-state index contributed by atoms with van der Waals surface area (Å²) in [6.07, 6.45) is -9.34. The van der Waals surface area contributed by atoms with Crippen LogP contribution in [0.4, 0.5) is 32.0 Å². The van der Waals surface area contributed by atoms with Crippen LogP contribution < -0.4 is 15.5 Å². The highest BCUT2D eigenvalue weighted by Gasteiger charge is 2.49. The number of nitrogens with zero attached hydrogens (tertiary/aromatic N) is 2. The van der Waals surface area contributed by atoms with Crippen LogP contribution in [-0.4, -0.2) is 61.7 Å². The molecular formula is C31H30F6N5O4+. The van der Waals surface area contributed by atoms with E-state index in [9.17, 15) is 40.7 Å². The molecule has 0 unspecified atom stereocenters. The van der Waals surface area contributed by atoms with E-state index in [-0.39, 0.29) is 11.7 Å². The molecule has 4 aromatic rings. The van der Waals surface area contributed by atoms with Crippen molar-refractivity contribution >= 4 is 40.3 Å². The van der Waals surface area contributed by atoms with E-state index in [2.05, 4.69) is 60.0 Å². The first-order valence-corrected chi connectivity index (χ1v) is 13.4. The minimum Gasteiger partial charge on any atom is -0.384 e. The summed E-state index contributed by atoms with van der Waals surface area (Å²) in [5.41, 5.74) is 11.3. The van der Waals surface area contributed by atoms with Crippen molar-refractivity contribution in [2.24, 2.45) is 5.73 Å². The number of amides is 1. The minimum absolute atomic E-state index is 0.0451. The van der Waals surface area contributed by atoms with Gasteiger partial charge in [0, 0.05) is 35.8 Å². The second kappa shape index (κ2) is 13.9. The van der Waals surface area contributed by atoms with E-state index in [1.54, 1.807) is 0 Å². The Kier molecular flexibility index (Phi) is 10.6. The fourth-order valence-electron chi connectivity index (χ4n) is 4.13. The molecule has 0 atom stereocenters. The zero-order chi connectivity index (χ0) is 34.4. The molecule has 0 fully saturated rings. The van der Waals surface area contributed by atoms with E-state index in [4.69, 9.17) is 11.1 Å². The molecule has 0 saturated carbocycles. The van der Waals surface area contributed by atoms with Crippen LogP contribution in [0.1, 0.15) is 27.0 Å². The van der Waals surface area contributed by atoms with Crippen molar-refractivity contribution < 1.29 is 45.5 Å². The largest absolute Gasteiger partial charge is 0.491 e. The normalized spacial score (nSPS) is 11.8. The molecule has 1 aromatic heterocycles. The smallest absolute Gasteiger partial charge is 0.384 e. The molecule has 0 aliphatic rings. The van der Waals surface area contributed by atoms with Gasteiger partial charge in [0.1, 0.15) is 11.5 Å². The minimum atomic E-state index is -5.62. The summed E-state index contributed by atoms with van der Waals surface area (Å²) in [4.78, 5) is 32.4. The Hall–Kier alpha value is -5.18. The average molecular weight is 651 g/mol. The molecule has 0 bridgehead atoms. The number of aromatic nitrogens is 1. The predicted octanol–water partition coefficient (Wildman–Crippen LogP) is 5.28. The summed E-state index contributed by atoms with van der Waals surface area (Å²) in [5.74, 6) is -6.45. The maximum Gasteiger partial charge on any atom is 0.491 e. The lowest BCUT2D eigenvalue weighted by atomic mass is 10.1. The van der Waals surface area contributed by atoms with Crippen molar-refractivity contribution in [3.63, 3.8) is 0 Å². The van der Waals surface area contributed by atoms with Crippen LogP contribution in [0.3, 0.4) is 0 Å². The van der Waals surface area contributed by atoms with Gasteiger partial charge in [-0.3, -0.25) is 14.7 Å². The molecule has 0 radical (unpaired) electrons. The number of esters is 2. The third-order valence-electron chi connectivity index (χ3n) is 6.44. The Balaban J connectivity index is 0.000000376. The summed E-state index contributed by atoms with van der Waals surface area (Å²) in [6, 6.07) is 23.9. The Bertz CT molecular complexity index is 1720. The van der Waals surface area contributed by atoms with Gasteiger partial charge in [0.25, 0.3) is 5.91 Å². The maximum atomic E-state index is 13.1. The first-order valence-electron chi connectivity index (χ1n) is 13.4. The summed E-state index contributed by atoms with van der Waals surface area (Å²) < 4.78 is 72.5. The molecule has 9 nitrogen and oxygen atoms in total. The number of amidine groups is 1. The van der Waals surface area contributed by atoms with E-state index in [1.165, 1.54) is 5.69 Å². The highest BCUT2D eigenvalue weighted by molar-refractivity contribution is 6.07. The molecule has 4 N–H and O–H groups in total. The second-order valence-electron chi connectivity index (χ2n) is 10.8. The zero-order valence-electron chi connectivity index (χ0n) is 24.8. The Morgan fingerprint density at radius 2 is 1.43 bits per heavy atom. The third-order valence-corrected chi connectivity index (χ3v) is 6.44. The molecule has 15 heteroatoms. The number of benzene rings is 3. The molecular weight excluding hydrogens is 620 g/mol. The molecule has 0 aliphatic carbocycles. The van der Waals surface area contributed by atoms with Gasteiger partial charge < -0.3 is 20.4 Å². The number of ether oxygens (including phenoxy) is 1. The van der Waals surface area contributed by atoms with Crippen molar-refractivity contribution in [1.29, 1.82) is 5.41 Å². The van der Waals surface area contributed by atoms with Gasteiger partial charge in [-0.1, -0.05) is 48.5 Å². The lowest BCUT2D eigenvalue weighted by molar-refractivity contribution is -0.221. The van der Waals surface area contributed by atoms with Gasteiger partial charge in [-0.25, -0.2) is 9.59 Å². The van der Waals surface area contributed by atoms with Crippen molar-refractivity contribution in [2.75, 3.05) is 21.1 Å². The van der Waals surface area contributed by atoms with Gasteiger partial charge in [0.05, 0.1) is 26.7 Å². The predicted molar refractivity (Wildman–Crippen MR) is 159 cm³/mol. The standard InChI is InChI=1S/C27H29N5O.C4F6O3/c1-32(2,3)22-13-11-19(12-14-22)16-30-27(33)24-18-31(25-10-5-4-9-23(24)25)17-20-7-6-8-21(15-20)26(28)29;5-3(6,7)1(11)13-2(12)4(8,9)10/h4-15,18H,16-17H2,1-3H3,(H3-,28,29,30,33);/p+1. The number of nitrogens with one attached hydrogen (secondary N) is 2. The Morgan fingerprint density at radius 3 is 1.98 bits per heavy atom. The van der Waals surface area contributed by atoms with Crippen molar-refractivity contribution in [3.8, 4) is 0 Å². The topological polar surface area (TPSA) is 127 Å². The van der Waals surface area contributed by atoms with E-state index >= 15 is 0 Å². The van der Waals surface area contributed by atoms with E-state index < -0.39 is 24.3 Å². The molecule has 0 saturated heterocycles. The molecule has 0 aliphatic heterocycles. The van der Waals surface area contributed by atoms with Gasteiger partial charge >= 0.3 is 24.3 Å². The zero-order valence-corrected chi connectivity index (χ0v) is 24.8. The fourth-order valence-corrected chi connectivity index (χ4v) is 4.13. The van der Waals surface area contributed by atoms with Crippen LogP contribution in [0.2, 0.25) is 0 Å². The lowest BCUT2D eigenvalue weighted by Crippen LogP contribution is -2.34. The van der Waals surface area contributed by atoms with E-state index in [1.807, 2.05) is 54.7 Å². The van der Waals surface area contributed by atoms with Crippen molar-refractivity contribution in [1.82, 2.24) is 14.4 Å². The monoisotopic (exact) mass is 650 g/mol. The maximum absolute atomic E-state index is 13.1. The van der Waals surface area contributed by atoms with Gasteiger partial charge in [-0.05, 0) is 35.4 Å². The number of rotatable bonds is 7. The number of carbonyl (C=O) groups is 3. The van der Waals surface area contributed by atoms with Crippen LogP contribution in [0.5, 0.6) is 0 Å². The molecule has 1 heterocycles. The highest BCUT2D eigenvalue weighted by Crippen LogP contribution is 2.24. The van der Waals surface area contributed by atoms with Crippen LogP contribution in [0.25, 0.3) is 10.9 Å². The average Bonchev–Trinajstić information content (AvgIpc) is 3.33. The molecule has 0 spiro atoms. The quantitative estimate of drug-likeness (QED) is 0.0627. The first-order chi connectivity index (χ1) is 21.3. The van der Waals surface area contributed by atoms with E-state index in [0.29, 0.717) is 24.2 Å². The number of para-hydroxylation sites is 1. The first kappa shape index (κ1) is 35.3. The molecule has 4 rings (SSSR count). The number of halogens is 6. The number of carbonyl (C=O) groups excluding carboxylic acids is 3. The number of nitrogen functional groups attached to an aromatic ring is 1. The lowest BCUT2D eigenvalue weighted by Gasteiger charge is -2.23. The number of hydrogen-bond donors (Lipinski definition) is 3. The highest BCUT2D eigenvalue weighted by atomic mass is 19.4. The van der Waals surface area contributed by atoms with E-state index in [0.717, 1.165) is 26.5 Å². The number of nitrogens with two attached hydrogens (primary N) is 1. The molecule has 244 valence electrons. The molecule has 1 amide bonds. The number of fused-ring (bicyclic) bond motifs is 1. The number of hydrogen-bond acceptors (Lipinski definition) is 5. The van der Waals surface area contributed by atoms with Gasteiger partial charge in [0.2, 0.25) is 0 Å². The van der Waals surface area contributed by atoms with Crippen LogP contribution in [0, 0.1) is 5.41 Å². The SMILES string of the molecule is C[N+](C)(C)c1ccc(CNC(=O)c2cn(Cc3cccc(C(=N)N)c3)c3ccccc23)cc1.O=C(OC(=O)C(F)(F)F)C(F)(F)F. The Labute approximate surface area is 259 Å². The number of alkyl halides is 6. The molecule has 46 heavy (non-hydrogen) atoms. The number of quaternary nitrogens is 1. The van der Waals surface area contributed by atoms with Gasteiger partial charge in [-0.15, -0.1) is 0 Å². The van der Waals surface area contributed by atoms with Gasteiger partial charge in [-0.2, -0.15) is 26.3 Å². The Morgan fingerprint density at radius 1 is 0.848 bits per heavy atom. The van der Waals surface area contributed by atoms with Crippen LogP contribution in [-0.2, 0) is 27.4 Å². The van der Waals surface area contributed by atoms with Crippen LogP contribution >= 0.6 is 0 Å². The fraction of sp³-hybridized carbons (Fsp3) is 0.226. The summed E-state index contributed by atoms with van der Waals surface area (Å²) >= 11 is 0. The summed E-state index contributed by atoms with van der Waals surface area (Å²) in [7, 11) is 6.38. The third kappa shape index (κ3) is 9.41. The van der Waals surface area contributed by atoms with Gasteiger partial charge in [0.15, 0.2) is 0 Å². The summed E-state index contributed by atoms with van der Waals surface area (Å²) in [5, 5.41) is 11.7. The van der Waals surface area contributed by atoms with Crippen LogP contribution in [0.15, 0.2) is 79.0 Å². The summed E-state index contributed by atoms with van der Waals surface area (Å²) in [6.45, 7) is 1.05. The second-order valence-corrected chi connectivity index (χ2v) is 10.8.